The van der Waals surface area contributed by atoms with E-state index in [0.29, 0.717) is 11.5 Å². The zero-order chi connectivity index (χ0) is 12.6. The predicted molar refractivity (Wildman–Crippen MR) is 65.1 cm³/mol. The third-order valence-corrected chi connectivity index (χ3v) is 3.30. The first-order chi connectivity index (χ1) is 7.90. The van der Waals surface area contributed by atoms with Gasteiger partial charge in [-0.15, -0.1) is 0 Å². The molecule has 0 spiro atoms. The minimum atomic E-state index is -0.554. The van der Waals surface area contributed by atoms with Gasteiger partial charge in [0.1, 0.15) is 5.82 Å². The van der Waals surface area contributed by atoms with E-state index in [1.165, 1.54) is 18.2 Å². The molecule has 1 aromatic carbocycles. The number of halogens is 1. The van der Waals surface area contributed by atoms with Crippen molar-refractivity contribution in [2.75, 3.05) is 5.73 Å². The van der Waals surface area contributed by atoms with Crippen LogP contribution in [0.1, 0.15) is 37.0 Å². The number of nitrogens with two attached hydrogens (primary N) is 1. The van der Waals surface area contributed by atoms with Gasteiger partial charge in [0.25, 0.3) is 5.91 Å². The maximum Gasteiger partial charge on any atom is 0.251 e. The molecule has 0 unspecified atom stereocenters. The summed E-state index contributed by atoms with van der Waals surface area (Å²) in [5.41, 5.74) is 5.51. The topological polar surface area (TPSA) is 55.1 Å². The summed E-state index contributed by atoms with van der Waals surface area (Å²) in [6.45, 7) is 3.99. The summed E-state index contributed by atoms with van der Waals surface area (Å²) in [5, 5.41) is 2.93. The van der Waals surface area contributed by atoms with Crippen molar-refractivity contribution in [2.24, 2.45) is 5.92 Å². The molecule has 0 radical (unpaired) electrons. The second kappa shape index (κ2) is 4.02. The highest BCUT2D eigenvalue weighted by Gasteiger charge is 2.38. The maximum atomic E-state index is 13.2. The van der Waals surface area contributed by atoms with Crippen LogP contribution in [0.15, 0.2) is 18.2 Å². The number of rotatable bonds is 3. The lowest BCUT2D eigenvalue weighted by atomic mass is 9.98. The fourth-order valence-electron chi connectivity index (χ4n) is 1.94. The van der Waals surface area contributed by atoms with Crippen molar-refractivity contribution in [3.05, 3.63) is 29.6 Å². The van der Waals surface area contributed by atoms with Crippen molar-refractivity contribution >= 4 is 11.6 Å². The number of nitrogens with one attached hydrogen (secondary N) is 1. The van der Waals surface area contributed by atoms with Gasteiger partial charge >= 0.3 is 0 Å². The van der Waals surface area contributed by atoms with E-state index in [1.807, 2.05) is 13.8 Å². The molecule has 0 aliphatic heterocycles. The standard InChI is InChI=1S/C13H17FN2O/c1-13(2,9-4-5-9)16-12(17)8-3-6-11(15)10(14)7-8/h3,6-7,9H,4-5,15H2,1-2H3,(H,16,17). The Kier molecular flexibility index (Phi) is 2.81. The summed E-state index contributed by atoms with van der Waals surface area (Å²) in [5.74, 6) is -0.271. The fraction of sp³-hybridized carbons (Fsp3) is 0.462. The van der Waals surface area contributed by atoms with E-state index in [1.54, 1.807) is 0 Å². The van der Waals surface area contributed by atoms with Crippen LogP contribution in [0.5, 0.6) is 0 Å². The molecule has 3 N–H and O–H groups in total. The molecule has 92 valence electrons. The molecule has 1 amide bonds. The van der Waals surface area contributed by atoms with Crippen molar-refractivity contribution in [1.82, 2.24) is 5.32 Å². The maximum absolute atomic E-state index is 13.2. The summed E-state index contributed by atoms with van der Waals surface area (Å²) in [4.78, 5) is 11.9. The number of amides is 1. The van der Waals surface area contributed by atoms with Crippen LogP contribution in [-0.4, -0.2) is 11.4 Å². The van der Waals surface area contributed by atoms with E-state index in [-0.39, 0.29) is 17.1 Å². The van der Waals surface area contributed by atoms with Crippen LogP contribution < -0.4 is 11.1 Å². The highest BCUT2D eigenvalue weighted by atomic mass is 19.1. The molecule has 0 heterocycles. The molecule has 0 bridgehead atoms. The second-order valence-electron chi connectivity index (χ2n) is 5.19. The van der Waals surface area contributed by atoms with E-state index in [2.05, 4.69) is 5.32 Å². The first-order valence-corrected chi connectivity index (χ1v) is 5.77. The lowest BCUT2D eigenvalue weighted by Crippen LogP contribution is -2.45. The van der Waals surface area contributed by atoms with Gasteiger partial charge in [-0.2, -0.15) is 0 Å². The van der Waals surface area contributed by atoms with Crippen LogP contribution in [-0.2, 0) is 0 Å². The van der Waals surface area contributed by atoms with Gasteiger partial charge in [0.2, 0.25) is 0 Å². The molecule has 2 rings (SSSR count). The molecule has 0 aromatic heterocycles. The quantitative estimate of drug-likeness (QED) is 0.791. The zero-order valence-corrected chi connectivity index (χ0v) is 10.1. The van der Waals surface area contributed by atoms with E-state index < -0.39 is 5.82 Å². The van der Waals surface area contributed by atoms with E-state index in [4.69, 9.17) is 5.73 Å². The second-order valence-corrected chi connectivity index (χ2v) is 5.19. The average Bonchev–Trinajstić information content (AvgIpc) is 3.04. The highest BCUT2D eigenvalue weighted by molar-refractivity contribution is 5.95. The number of hydrogen-bond donors (Lipinski definition) is 2. The van der Waals surface area contributed by atoms with Gasteiger partial charge < -0.3 is 11.1 Å². The van der Waals surface area contributed by atoms with E-state index in [0.717, 1.165) is 12.8 Å². The largest absolute Gasteiger partial charge is 0.396 e. The first kappa shape index (κ1) is 11.9. The Morgan fingerprint density at radius 1 is 1.47 bits per heavy atom. The van der Waals surface area contributed by atoms with Crippen LogP contribution in [0.3, 0.4) is 0 Å². The molecule has 1 saturated carbocycles. The molecular weight excluding hydrogens is 219 g/mol. The number of carbonyl (C=O) groups is 1. The van der Waals surface area contributed by atoms with Gasteiger partial charge in [-0.05, 0) is 50.8 Å². The lowest BCUT2D eigenvalue weighted by Gasteiger charge is -2.26. The monoisotopic (exact) mass is 236 g/mol. The van der Waals surface area contributed by atoms with Gasteiger partial charge in [-0.25, -0.2) is 4.39 Å². The van der Waals surface area contributed by atoms with E-state index in [9.17, 15) is 9.18 Å². The Hall–Kier alpha value is -1.58. The van der Waals surface area contributed by atoms with Gasteiger partial charge in [-0.1, -0.05) is 0 Å². The molecule has 0 atom stereocenters. The summed E-state index contributed by atoms with van der Waals surface area (Å²) in [6, 6.07) is 4.12. The summed E-state index contributed by atoms with van der Waals surface area (Å²) >= 11 is 0. The third kappa shape index (κ3) is 2.57. The van der Waals surface area contributed by atoms with E-state index >= 15 is 0 Å². The Morgan fingerprint density at radius 3 is 2.65 bits per heavy atom. The normalized spacial score (nSPS) is 15.7. The number of hydrogen-bond acceptors (Lipinski definition) is 2. The molecule has 1 aromatic rings. The molecule has 4 heteroatoms. The van der Waals surface area contributed by atoms with Crippen molar-refractivity contribution in [3.8, 4) is 0 Å². The molecule has 3 nitrogen and oxygen atoms in total. The molecule has 17 heavy (non-hydrogen) atoms. The van der Waals surface area contributed by atoms with Crippen molar-refractivity contribution in [3.63, 3.8) is 0 Å². The van der Waals surface area contributed by atoms with Gasteiger partial charge in [0.15, 0.2) is 0 Å². The molecular formula is C13H17FN2O. The first-order valence-electron chi connectivity index (χ1n) is 5.77. The number of nitrogen functional groups attached to an aromatic ring is 1. The van der Waals surface area contributed by atoms with Crippen molar-refractivity contribution in [2.45, 2.75) is 32.2 Å². The van der Waals surface area contributed by atoms with Crippen LogP contribution >= 0.6 is 0 Å². The van der Waals surface area contributed by atoms with Crippen molar-refractivity contribution in [1.29, 1.82) is 0 Å². The third-order valence-electron chi connectivity index (χ3n) is 3.30. The van der Waals surface area contributed by atoms with Crippen LogP contribution in [0.4, 0.5) is 10.1 Å². The van der Waals surface area contributed by atoms with Crippen LogP contribution in [0, 0.1) is 11.7 Å². The van der Waals surface area contributed by atoms with Gasteiger partial charge in [0.05, 0.1) is 5.69 Å². The lowest BCUT2D eigenvalue weighted by molar-refractivity contribution is 0.0903. The predicted octanol–water partition coefficient (Wildman–Crippen LogP) is 2.33. The Labute approximate surface area is 100 Å². The number of benzene rings is 1. The van der Waals surface area contributed by atoms with Gasteiger partial charge in [-0.3, -0.25) is 4.79 Å². The van der Waals surface area contributed by atoms with Crippen LogP contribution in [0.2, 0.25) is 0 Å². The summed E-state index contributed by atoms with van der Waals surface area (Å²) in [6.07, 6.45) is 2.28. The number of carbonyl (C=O) groups excluding carboxylic acids is 1. The molecule has 1 aliphatic carbocycles. The SMILES string of the molecule is CC(C)(NC(=O)c1ccc(N)c(F)c1)C1CC1. The molecule has 1 fully saturated rings. The highest BCUT2D eigenvalue weighted by Crippen LogP contribution is 2.39. The molecule has 1 aliphatic rings. The smallest absolute Gasteiger partial charge is 0.251 e. The van der Waals surface area contributed by atoms with Crippen molar-refractivity contribution < 1.29 is 9.18 Å². The minimum Gasteiger partial charge on any atom is -0.396 e. The summed E-state index contributed by atoms with van der Waals surface area (Å²) < 4.78 is 13.2. The Balaban J connectivity index is 2.11. The fourth-order valence-corrected chi connectivity index (χ4v) is 1.94. The minimum absolute atomic E-state index is 0.0583. The number of anilines is 1. The van der Waals surface area contributed by atoms with Crippen LogP contribution in [0.25, 0.3) is 0 Å². The Bertz CT molecular complexity index is 453. The zero-order valence-electron chi connectivity index (χ0n) is 10.1. The average molecular weight is 236 g/mol. The Morgan fingerprint density at radius 2 is 2.12 bits per heavy atom. The summed E-state index contributed by atoms with van der Waals surface area (Å²) in [7, 11) is 0. The van der Waals surface area contributed by atoms with Gasteiger partial charge in [0, 0.05) is 11.1 Å². The molecule has 0 saturated heterocycles.